The van der Waals surface area contributed by atoms with Gasteiger partial charge in [-0.1, -0.05) is 53.7 Å². The zero-order valence-corrected chi connectivity index (χ0v) is 25.0. The number of benzene rings is 1. The van der Waals surface area contributed by atoms with Crippen LogP contribution >= 0.6 is 11.3 Å². The molecule has 1 N–H and O–H groups in total. The maximum absolute atomic E-state index is 12.4. The summed E-state index contributed by atoms with van der Waals surface area (Å²) in [6, 6.07) is 6.28. The highest BCUT2D eigenvalue weighted by atomic mass is 32.1. The minimum Gasteiger partial charge on any atom is -0.444 e. The molecule has 1 amide bonds. The van der Waals surface area contributed by atoms with Gasteiger partial charge in [-0.3, -0.25) is 0 Å². The topological polar surface area (TPSA) is 62.7 Å². The van der Waals surface area contributed by atoms with Gasteiger partial charge in [-0.05, 0) is 68.6 Å². The minimum absolute atomic E-state index is 0.232. The monoisotopic (exact) mass is 518 g/mol. The fraction of sp³-hybridized carbons (Fsp3) is 0.714. The molecule has 1 atom stereocenters. The Morgan fingerprint density at radius 3 is 2.20 bits per heavy atom. The average molecular weight is 519 g/mol. The van der Waals surface area contributed by atoms with Gasteiger partial charge in [0.05, 0.1) is 21.0 Å². The van der Waals surface area contributed by atoms with Crippen LogP contribution in [0.25, 0.3) is 10.2 Å². The Kier molecular flexibility index (Phi) is 8.76. The number of aliphatic hydroxyl groups excluding tert-OH is 1. The molecule has 7 heteroatoms. The Balaban J connectivity index is 1.78. The first-order chi connectivity index (χ1) is 16.3. The van der Waals surface area contributed by atoms with Crippen molar-refractivity contribution in [2.45, 2.75) is 110 Å². The molecule has 5 nitrogen and oxygen atoms in total. The van der Waals surface area contributed by atoms with E-state index in [1.165, 1.54) is 9.33 Å². The first kappa shape index (κ1) is 28.1. The van der Waals surface area contributed by atoms with Crippen molar-refractivity contribution in [3.05, 3.63) is 23.8 Å². The van der Waals surface area contributed by atoms with E-state index < -0.39 is 19.8 Å². The summed E-state index contributed by atoms with van der Waals surface area (Å²) in [4.78, 5) is 19.5. The predicted octanol–water partition coefficient (Wildman–Crippen LogP) is 7.25. The van der Waals surface area contributed by atoms with Gasteiger partial charge in [0.15, 0.2) is 0 Å². The number of para-hydroxylation sites is 1. The summed E-state index contributed by atoms with van der Waals surface area (Å²) < 4.78 is 8.05. The van der Waals surface area contributed by atoms with Crippen LogP contribution in [0.5, 0.6) is 0 Å². The number of hydrogen-bond acceptors (Lipinski definition) is 5. The highest BCUT2D eigenvalue weighted by Crippen LogP contribution is 2.43. The third-order valence-electron chi connectivity index (χ3n) is 7.87. The SMILES string of the molecule is CC(C)[Si](c1nc2c(C(O)CC3CCN(C(=O)OC(C)(C)C)CC3)cccc2s1)(C(C)C)C(C)C. The van der Waals surface area contributed by atoms with Crippen LogP contribution in [0.2, 0.25) is 16.6 Å². The van der Waals surface area contributed by atoms with Crippen molar-refractivity contribution >= 4 is 40.4 Å². The number of ether oxygens (including phenoxy) is 1. The van der Waals surface area contributed by atoms with Crippen LogP contribution in [0.3, 0.4) is 0 Å². The average Bonchev–Trinajstić information content (AvgIpc) is 3.16. The molecule has 196 valence electrons. The van der Waals surface area contributed by atoms with Crippen LogP contribution in [0.1, 0.15) is 93.2 Å². The van der Waals surface area contributed by atoms with Gasteiger partial charge in [0.1, 0.15) is 13.7 Å². The Morgan fingerprint density at radius 2 is 1.69 bits per heavy atom. The van der Waals surface area contributed by atoms with E-state index in [1.807, 2.05) is 32.1 Å². The standard InChI is InChI=1S/C28H46N2O3SSi/c1-18(2)35(19(3)4,20(5)6)26-29-25-22(11-10-12-24(25)34-26)23(31)17-21-13-15-30(16-14-21)27(32)33-28(7,8)9/h10-12,18-21,23,31H,13-17H2,1-9H3. The van der Waals surface area contributed by atoms with Crippen LogP contribution < -0.4 is 4.63 Å². The summed E-state index contributed by atoms with van der Waals surface area (Å²) in [5, 5.41) is 11.3. The molecule has 0 bridgehead atoms. The summed E-state index contributed by atoms with van der Waals surface area (Å²) in [5.74, 6) is 0.382. The Morgan fingerprint density at radius 1 is 1.11 bits per heavy atom. The molecule has 1 aromatic carbocycles. The quantitative estimate of drug-likeness (QED) is 0.392. The highest BCUT2D eigenvalue weighted by molar-refractivity contribution is 7.31. The lowest BCUT2D eigenvalue weighted by Gasteiger charge is -2.41. The maximum Gasteiger partial charge on any atom is 0.410 e. The van der Waals surface area contributed by atoms with Gasteiger partial charge in [0.2, 0.25) is 0 Å². The number of carbonyl (C=O) groups excluding carboxylic acids is 1. The molecule has 2 aromatic rings. The number of amides is 1. The number of piperidine rings is 1. The minimum atomic E-state index is -1.85. The summed E-state index contributed by atoms with van der Waals surface area (Å²) in [6.45, 7) is 21.3. The summed E-state index contributed by atoms with van der Waals surface area (Å²) in [5.41, 5.74) is 3.28. The van der Waals surface area contributed by atoms with E-state index in [9.17, 15) is 9.90 Å². The van der Waals surface area contributed by atoms with E-state index in [2.05, 4.69) is 59.7 Å². The fourth-order valence-electron chi connectivity index (χ4n) is 6.29. The summed E-state index contributed by atoms with van der Waals surface area (Å²) in [7, 11) is -1.85. The van der Waals surface area contributed by atoms with Crippen molar-refractivity contribution in [2.24, 2.45) is 5.92 Å². The maximum atomic E-state index is 12.4. The Labute approximate surface area is 217 Å². The van der Waals surface area contributed by atoms with Gasteiger partial charge >= 0.3 is 6.09 Å². The van der Waals surface area contributed by atoms with Crippen molar-refractivity contribution in [3.8, 4) is 0 Å². The molecular formula is C28H46N2O3SSi. The number of rotatable bonds is 7. The second-order valence-corrected chi connectivity index (χ2v) is 19.5. The molecule has 0 spiro atoms. The van der Waals surface area contributed by atoms with E-state index in [0.29, 0.717) is 42.1 Å². The molecule has 1 aliphatic rings. The number of aliphatic hydroxyl groups is 1. The van der Waals surface area contributed by atoms with E-state index >= 15 is 0 Å². The van der Waals surface area contributed by atoms with Crippen molar-refractivity contribution in [1.29, 1.82) is 0 Å². The zero-order chi connectivity index (χ0) is 26.1. The number of fused-ring (bicyclic) bond motifs is 1. The number of hydrogen-bond donors (Lipinski definition) is 1. The molecule has 3 rings (SSSR count). The van der Waals surface area contributed by atoms with E-state index in [-0.39, 0.29) is 6.09 Å². The fourth-order valence-corrected chi connectivity index (χ4v) is 16.0. The second kappa shape index (κ2) is 10.9. The van der Waals surface area contributed by atoms with Gasteiger partial charge in [0.25, 0.3) is 0 Å². The molecule has 35 heavy (non-hydrogen) atoms. The van der Waals surface area contributed by atoms with Crippen molar-refractivity contribution < 1.29 is 14.6 Å². The molecule has 0 saturated carbocycles. The molecule has 1 aliphatic heterocycles. The molecule has 0 aliphatic carbocycles. The molecule has 2 heterocycles. The Hall–Kier alpha value is -1.44. The number of aromatic nitrogens is 1. The third-order valence-corrected chi connectivity index (χ3v) is 16.7. The smallest absolute Gasteiger partial charge is 0.410 e. The number of nitrogens with zero attached hydrogens (tertiary/aromatic N) is 2. The van der Waals surface area contributed by atoms with Gasteiger partial charge < -0.3 is 14.7 Å². The van der Waals surface area contributed by atoms with E-state index in [0.717, 1.165) is 23.9 Å². The molecule has 1 unspecified atom stereocenters. The number of likely N-dealkylation sites (tertiary alicyclic amines) is 1. The van der Waals surface area contributed by atoms with Crippen molar-refractivity contribution in [3.63, 3.8) is 0 Å². The van der Waals surface area contributed by atoms with Crippen molar-refractivity contribution in [1.82, 2.24) is 9.88 Å². The largest absolute Gasteiger partial charge is 0.444 e. The lowest BCUT2D eigenvalue weighted by Crippen LogP contribution is -2.55. The molecule has 0 radical (unpaired) electrons. The zero-order valence-electron chi connectivity index (χ0n) is 23.2. The number of carbonyl (C=O) groups is 1. The first-order valence-corrected chi connectivity index (χ1v) is 16.4. The molecule has 1 aromatic heterocycles. The normalized spacial score (nSPS) is 17.1. The van der Waals surface area contributed by atoms with Gasteiger partial charge in [0, 0.05) is 18.7 Å². The predicted molar refractivity (Wildman–Crippen MR) is 150 cm³/mol. The van der Waals surface area contributed by atoms with Gasteiger partial charge in [-0.2, -0.15) is 0 Å². The molecule has 1 saturated heterocycles. The van der Waals surface area contributed by atoms with E-state index in [1.54, 1.807) is 4.90 Å². The first-order valence-electron chi connectivity index (χ1n) is 13.3. The van der Waals surface area contributed by atoms with Crippen LogP contribution in [0.15, 0.2) is 18.2 Å². The van der Waals surface area contributed by atoms with Gasteiger partial charge in [-0.15, -0.1) is 11.3 Å². The Bertz CT molecular complexity index is 982. The summed E-state index contributed by atoms with van der Waals surface area (Å²) >= 11 is 1.86. The van der Waals surface area contributed by atoms with Crippen LogP contribution in [-0.4, -0.2) is 47.8 Å². The number of thiazole rings is 1. The van der Waals surface area contributed by atoms with Crippen LogP contribution in [0, 0.1) is 5.92 Å². The van der Waals surface area contributed by atoms with Crippen molar-refractivity contribution in [2.75, 3.05) is 13.1 Å². The molecule has 1 fully saturated rings. The highest BCUT2D eigenvalue weighted by Gasteiger charge is 2.47. The van der Waals surface area contributed by atoms with Gasteiger partial charge in [-0.25, -0.2) is 9.78 Å². The van der Waals surface area contributed by atoms with E-state index in [4.69, 9.17) is 9.72 Å². The summed E-state index contributed by atoms with van der Waals surface area (Å²) in [6.07, 6.45) is 1.70. The molecular weight excluding hydrogens is 472 g/mol. The van der Waals surface area contributed by atoms with Crippen LogP contribution in [0.4, 0.5) is 4.79 Å². The second-order valence-electron chi connectivity index (χ2n) is 12.3. The lowest BCUT2D eigenvalue weighted by molar-refractivity contribution is 0.0161. The lowest BCUT2D eigenvalue weighted by atomic mass is 9.89. The van der Waals surface area contributed by atoms with Crippen LogP contribution in [-0.2, 0) is 4.74 Å². The third kappa shape index (κ3) is 5.94.